The third kappa shape index (κ3) is 4.36. The minimum absolute atomic E-state index is 0.0628. The fraction of sp³-hybridized carbons (Fsp3) is 0.231. The molecule has 33 heavy (non-hydrogen) atoms. The molecule has 1 amide bonds. The Hall–Kier alpha value is -3.58. The molecule has 2 aromatic heterocycles. The number of piperazine rings is 1. The summed E-state index contributed by atoms with van der Waals surface area (Å²) in [6.45, 7) is 6.75. The van der Waals surface area contributed by atoms with Gasteiger partial charge in [-0.1, -0.05) is 54.6 Å². The van der Waals surface area contributed by atoms with Crippen LogP contribution in [-0.2, 0) is 0 Å². The van der Waals surface area contributed by atoms with Gasteiger partial charge in [-0.15, -0.1) is 21.5 Å². The van der Waals surface area contributed by atoms with Crippen LogP contribution in [0.1, 0.15) is 20.9 Å². The van der Waals surface area contributed by atoms with E-state index >= 15 is 0 Å². The molecule has 5 rings (SSSR count). The van der Waals surface area contributed by atoms with Gasteiger partial charge in [0.2, 0.25) is 0 Å². The maximum absolute atomic E-state index is 13.2. The van der Waals surface area contributed by atoms with Crippen molar-refractivity contribution < 1.29 is 4.79 Å². The molecule has 1 saturated heterocycles. The number of hydrogen-bond donors (Lipinski definition) is 0. The van der Waals surface area contributed by atoms with Crippen LogP contribution >= 0.6 is 11.3 Å². The number of benzene rings is 2. The molecule has 1 fully saturated rings. The van der Waals surface area contributed by atoms with Crippen LogP contribution in [0.4, 0.5) is 5.82 Å². The monoisotopic (exact) mass is 455 g/mol. The Morgan fingerprint density at radius 2 is 1.58 bits per heavy atom. The van der Waals surface area contributed by atoms with Gasteiger partial charge in [-0.3, -0.25) is 4.79 Å². The highest BCUT2D eigenvalue weighted by molar-refractivity contribution is 7.17. The number of aromatic nitrogens is 3. The largest absolute Gasteiger partial charge is 0.352 e. The highest BCUT2D eigenvalue weighted by atomic mass is 32.1. The minimum Gasteiger partial charge on any atom is -0.352 e. The number of thiazole rings is 1. The van der Waals surface area contributed by atoms with E-state index in [9.17, 15) is 4.79 Å². The molecule has 7 heteroatoms. The second-order valence-electron chi connectivity index (χ2n) is 8.17. The first-order valence-electron chi connectivity index (χ1n) is 11.1. The van der Waals surface area contributed by atoms with Crippen molar-refractivity contribution in [2.75, 3.05) is 31.1 Å². The zero-order valence-electron chi connectivity index (χ0n) is 18.7. The quantitative estimate of drug-likeness (QED) is 0.440. The van der Waals surface area contributed by atoms with E-state index in [0.717, 1.165) is 51.3 Å². The first-order chi connectivity index (χ1) is 16.1. The predicted octanol–water partition coefficient (Wildman–Crippen LogP) is 4.85. The Labute approximate surface area is 197 Å². The van der Waals surface area contributed by atoms with Crippen molar-refractivity contribution in [3.05, 3.63) is 82.9 Å². The second kappa shape index (κ2) is 9.11. The van der Waals surface area contributed by atoms with Crippen LogP contribution in [0.25, 0.3) is 21.8 Å². The summed E-state index contributed by atoms with van der Waals surface area (Å²) in [7, 11) is 0. The average molecular weight is 456 g/mol. The van der Waals surface area contributed by atoms with Gasteiger partial charge in [0.1, 0.15) is 9.88 Å². The smallest absolute Gasteiger partial charge is 0.265 e. The van der Waals surface area contributed by atoms with Crippen LogP contribution in [0.5, 0.6) is 0 Å². The van der Waals surface area contributed by atoms with Crippen molar-refractivity contribution in [1.29, 1.82) is 0 Å². The number of hydrogen-bond acceptors (Lipinski definition) is 6. The maximum atomic E-state index is 13.2. The molecule has 1 aliphatic rings. The molecule has 0 saturated carbocycles. The summed E-state index contributed by atoms with van der Waals surface area (Å²) in [6.07, 6.45) is 0. The molecule has 0 unspecified atom stereocenters. The van der Waals surface area contributed by atoms with Crippen LogP contribution < -0.4 is 4.90 Å². The van der Waals surface area contributed by atoms with E-state index in [0.29, 0.717) is 13.1 Å². The van der Waals surface area contributed by atoms with Gasteiger partial charge in [0, 0.05) is 37.3 Å². The van der Waals surface area contributed by atoms with Crippen LogP contribution in [0.2, 0.25) is 0 Å². The van der Waals surface area contributed by atoms with Gasteiger partial charge in [0.15, 0.2) is 5.82 Å². The summed E-state index contributed by atoms with van der Waals surface area (Å²) in [4.78, 5) is 22.7. The Kier molecular flexibility index (Phi) is 5.88. The van der Waals surface area contributed by atoms with E-state index in [1.54, 1.807) is 0 Å². The van der Waals surface area contributed by atoms with E-state index in [1.807, 2.05) is 66.4 Å². The lowest BCUT2D eigenvalue weighted by Crippen LogP contribution is -2.49. The summed E-state index contributed by atoms with van der Waals surface area (Å²) in [6, 6.07) is 22.2. The zero-order chi connectivity index (χ0) is 22.8. The number of amides is 1. The molecule has 1 aliphatic heterocycles. The van der Waals surface area contributed by atoms with Gasteiger partial charge in [-0.2, -0.15) is 0 Å². The summed E-state index contributed by atoms with van der Waals surface area (Å²) < 4.78 is 0. The molecule has 166 valence electrons. The molecule has 0 aliphatic carbocycles. The summed E-state index contributed by atoms with van der Waals surface area (Å²) >= 11 is 1.47. The Balaban J connectivity index is 1.25. The van der Waals surface area contributed by atoms with Crippen molar-refractivity contribution in [2.45, 2.75) is 13.8 Å². The van der Waals surface area contributed by atoms with Gasteiger partial charge in [-0.05, 0) is 31.5 Å². The van der Waals surface area contributed by atoms with Crippen molar-refractivity contribution in [2.24, 2.45) is 0 Å². The van der Waals surface area contributed by atoms with Gasteiger partial charge < -0.3 is 9.80 Å². The topological polar surface area (TPSA) is 62.2 Å². The van der Waals surface area contributed by atoms with Gasteiger partial charge >= 0.3 is 0 Å². The lowest BCUT2D eigenvalue weighted by molar-refractivity contribution is 0.0750. The molecular weight excluding hydrogens is 430 g/mol. The summed E-state index contributed by atoms with van der Waals surface area (Å²) in [5.74, 6) is 0.910. The molecule has 2 aromatic carbocycles. The first-order valence-corrected chi connectivity index (χ1v) is 11.9. The van der Waals surface area contributed by atoms with E-state index in [1.165, 1.54) is 16.9 Å². The highest BCUT2D eigenvalue weighted by Gasteiger charge is 2.26. The number of anilines is 1. The standard InChI is InChI=1S/C26H25N5OS/c1-18-8-6-7-11-21(18)22-12-13-23(29-28-22)30-14-16-31(17-15-30)26(32)24-19(2)27-25(33-24)20-9-4-3-5-10-20/h3-13H,14-17H2,1-2H3. The predicted molar refractivity (Wildman–Crippen MR) is 133 cm³/mol. The van der Waals surface area contributed by atoms with E-state index < -0.39 is 0 Å². The average Bonchev–Trinajstić information content (AvgIpc) is 3.26. The number of rotatable bonds is 4. The third-order valence-electron chi connectivity index (χ3n) is 5.97. The molecule has 0 radical (unpaired) electrons. The van der Waals surface area contributed by atoms with E-state index in [4.69, 9.17) is 0 Å². The Bertz CT molecular complexity index is 1260. The van der Waals surface area contributed by atoms with Gasteiger partial charge in [0.05, 0.1) is 11.4 Å². The Morgan fingerprint density at radius 1 is 0.848 bits per heavy atom. The minimum atomic E-state index is 0.0628. The number of aryl methyl sites for hydroxylation is 2. The lowest BCUT2D eigenvalue weighted by atomic mass is 10.1. The first kappa shape index (κ1) is 21.3. The number of nitrogens with zero attached hydrogens (tertiary/aromatic N) is 5. The fourth-order valence-corrected chi connectivity index (χ4v) is 5.12. The van der Waals surface area contributed by atoms with Crippen LogP contribution in [0, 0.1) is 13.8 Å². The molecular formula is C26H25N5OS. The summed E-state index contributed by atoms with van der Waals surface area (Å²) in [5.41, 5.74) is 4.99. The van der Waals surface area contributed by atoms with Crippen LogP contribution in [0.15, 0.2) is 66.7 Å². The van der Waals surface area contributed by atoms with Gasteiger partial charge in [0.25, 0.3) is 5.91 Å². The highest BCUT2D eigenvalue weighted by Crippen LogP contribution is 2.29. The number of carbonyl (C=O) groups excluding carboxylic acids is 1. The molecule has 4 aromatic rings. The summed E-state index contributed by atoms with van der Waals surface area (Å²) in [5, 5.41) is 9.80. The van der Waals surface area contributed by atoms with Crippen molar-refractivity contribution >= 4 is 23.1 Å². The molecule has 0 bridgehead atoms. The van der Waals surface area contributed by atoms with Crippen molar-refractivity contribution in [3.63, 3.8) is 0 Å². The van der Waals surface area contributed by atoms with E-state index in [2.05, 4.69) is 39.1 Å². The molecule has 3 heterocycles. The second-order valence-corrected chi connectivity index (χ2v) is 9.17. The molecule has 0 atom stereocenters. The van der Waals surface area contributed by atoms with Crippen LogP contribution in [0.3, 0.4) is 0 Å². The van der Waals surface area contributed by atoms with Crippen molar-refractivity contribution in [1.82, 2.24) is 20.1 Å². The fourth-order valence-electron chi connectivity index (χ4n) is 4.08. The zero-order valence-corrected chi connectivity index (χ0v) is 19.5. The normalized spacial score (nSPS) is 13.9. The van der Waals surface area contributed by atoms with Crippen molar-refractivity contribution in [3.8, 4) is 21.8 Å². The maximum Gasteiger partial charge on any atom is 0.265 e. The molecule has 0 spiro atoms. The van der Waals surface area contributed by atoms with Gasteiger partial charge in [-0.25, -0.2) is 4.98 Å². The van der Waals surface area contributed by atoms with E-state index in [-0.39, 0.29) is 5.91 Å². The molecule has 6 nitrogen and oxygen atoms in total. The third-order valence-corrected chi connectivity index (χ3v) is 7.17. The molecule has 0 N–H and O–H groups in total. The number of carbonyl (C=O) groups is 1. The SMILES string of the molecule is Cc1ccccc1-c1ccc(N2CCN(C(=O)c3sc(-c4ccccc4)nc3C)CC2)nn1. The lowest BCUT2D eigenvalue weighted by Gasteiger charge is -2.35. The van der Waals surface area contributed by atoms with Crippen LogP contribution in [-0.4, -0.2) is 52.2 Å². The Morgan fingerprint density at radius 3 is 2.27 bits per heavy atom.